The topological polar surface area (TPSA) is 24.9 Å². The molecule has 0 fully saturated rings. The molecule has 1 heterocycles. The summed E-state index contributed by atoms with van der Waals surface area (Å²) >= 11 is 1.70. The third-order valence-electron chi connectivity index (χ3n) is 3.53. The third kappa shape index (κ3) is 3.12. The van der Waals surface area contributed by atoms with Crippen molar-refractivity contribution in [2.75, 3.05) is 0 Å². The Morgan fingerprint density at radius 3 is 2.62 bits per heavy atom. The molecule has 4 heteroatoms. The van der Waals surface area contributed by atoms with Crippen LogP contribution in [0.25, 0.3) is 10.2 Å². The average molecular weight is 300 g/mol. The maximum atomic E-state index is 13.3. The van der Waals surface area contributed by atoms with Gasteiger partial charge in [0.25, 0.3) is 0 Å². The van der Waals surface area contributed by atoms with Gasteiger partial charge in [-0.25, -0.2) is 9.37 Å². The molecule has 1 aromatic heterocycles. The zero-order valence-electron chi connectivity index (χ0n) is 12.0. The Balaban J connectivity index is 1.77. The van der Waals surface area contributed by atoms with Crippen molar-refractivity contribution >= 4 is 21.6 Å². The van der Waals surface area contributed by atoms with Crippen LogP contribution < -0.4 is 5.32 Å². The van der Waals surface area contributed by atoms with Gasteiger partial charge < -0.3 is 5.32 Å². The van der Waals surface area contributed by atoms with Crippen molar-refractivity contribution in [3.63, 3.8) is 0 Å². The molecule has 3 aromatic rings. The molecule has 0 amide bonds. The summed E-state index contributed by atoms with van der Waals surface area (Å²) < 4.78 is 14.5. The zero-order chi connectivity index (χ0) is 14.8. The summed E-state index contributed by atoms with van der Waals surface area (Å²) in [6.07, 6.45) is 0. The molecule has 0 saturated carbocycles. The molecule has 0 bridgehead atoms. The van der Waals surface area contributed by atoms with E-state index in [0.29, 0.717) is 0 Å². The Kier molecular flexibility index (Phi) is 3.99. The van der Waals surface area contributed by atoms with Crippen molar-refractivity contribution in [2.45, 2.75) is 25.9 Å². The van der Waals surface area contributed by atoms with Gasteiger partial charge in [-0.1, -0.05) is 24.3 Å². The first-order valence-corrected chi connectivity index (χ1v) is 7.82. The number of benzene rings is 2. The smallest absolute Gasteiger partial charge is 0.123 e. The minimum atomic E-state index is -0.200. The minimum absolute atomic E-state index is 0.0720. The van der Waals surface area contributed by atoms with Gasteiger partial charge in [-0.15, -0.1) is 11.3 Å². The quantitative estimate of drug-likeness (QED) is 0.745. The number of halogens is 1. The molecule has 0 aliphatic rings. The molecule has 0 spiro atoms. The van der Waals surface area contributed by atoms with E-state index in [1.807, 2.05) is 31.2 Å². The van der Waals surface area contributed by atoms with Gasteiger partial charge in [-0.05, 0) is 43.7 Å². The highest BCUT2D eigenvalue weighted by atomic mass is 32.1. The average Bonchev–Trinajstić information content (AvgIpc) is 2.91. The maximum absolute atomic E-state index is 13.3. The normalized spacial score (nSPS) is 14.2. The molecule has 0 saturated heterocycles. The van der Waals surface area contributed by atoms with Gasteiger partial charge in [0.05, 0.1) is 16.3 Å². The number of nitrogens with zero attached hydrogens (tertiary/aromatic N) is 1. The van der Waals surface area contributed by atoms with Crippen LogP contribution in [-0.4, -0.2) is 4.98 Å². The molecule has 0 radical (unpaired) electrons. The van der Waals surface area contributed by atoms with E-state index in [1.54, 1.807) is 23.5 Å². The fraction of sp³-hybridized carbons (Fsp3) is 0.235. The van der Waals surface area contributed by atoms with Crippen LogP contribution in [0.1, 0.15) is 36.5 Å². The van der Waals surface area contributed by atoms with Gasteiger partial charge in [0, 0.05) is 6.04 Å². The van der Waals surface area contributed by atoms with E-state index >= 15 is 0 Å². The van der Waals surface area contributed by atoms with Gasteiger partial charge in [-0.3, -0.25) is 0 Å². The van der Waals surface area contributed by atoms with Crippen LogP contribution >= 0.6 is 11.3 Å². The molecule has 108 valence electrons. The summed E-state index contributed by atoms with van der Waals surface area (Å²) in [4.78, 5) is 4.66. The van der Waals surface area contributed by atoms with Crippen LogP contribution in [0, 0.1) is 5.82 Å². The summed E-state index contributed by atoms with van der Waals surface area (Å²) in [5.41, 5.74) is 1.98. The summed E-state index contributed by atoms with van der Waals surface area (Å²) in [6.45, 7) is 4.13. The van der Waals surface area contributed by atoms with E-state index in [0.717, 1.165) is 16.1 Å². The molecule has 21 heavy (non-hydrogen) atoms. The molecule has 3 rings (SSSR count). The lowest BCUT2D eigenvalue weighted by atomic mass is 10.1. The minimum Gasteiger partial charge on any atom is -0.302 e. The second-order valence-corrected chi connectivity index (χ2v) is 6.25. The van der Waals surface area contributed by atoms with Gasteiger partial charge in [-0.2, -0.15) is 0 Å². The Labute approximate surface area is 127 Å². The Morgan fingerprint density at radius 1 is 1.05 bits per heavy atom. The van der Waals surface area contributed by atoms with Crippen molar-refractivity contribution in [3.05, 3.63) is 64.9 Å². The molecule has 2 aromatic carbocycles. The predicted molar refractivity (Wildman–Crippen MR) is 86.0 cm³/mol. The van der Waals surface area contributed by atoms with E-state index in [-0.39, 0.29) is 17.9 Å². The molecule has 0 aliphatic heterocycles. The predicted octanol–water partition coefficient (Wildman–Crippen LogP) is 4.85. The third-order valence-corrected chi connectivity index (χ3v) is 4.75. The standard InChI is InChI=1S/C17H17FN2S/c1-11(13-6-5-7-14(18)10-13)19-12(2)17-20-15-8-3-4-9-16(15)21-17/h3-12,19H,1-2H3/t11-,12?/m1/s1. The molecule has 1 unspecified atom stereocenters. The largest absolute Gasteiger partial charge is 0.302 e. The SMILES string of the molecule is CC(N[C@H](C)c1cccc(F)c1)c1nc2ccccc2s1. The number of rotatable bonds is 4. The highest BCUT2D eigenvalue weighted by Gasteiger charge is 2.15. The number of fused-ring (bicyclic) bond motifs is 1. The lowest BCUT2D eigenvalue weighted by molar-refractivity contribution is 0.491. The number of hydrogen-bond donors (Lipinski definition) is 1. The number of nitrogens with one attached hydrogen (secondary N) is 1. The van der Waals surface area contributed by atoms with Gasteiger partial charge in [0.15, 0.2) is 0 Å². The fourth-order valence-corrected chi connectivity index (χ4v) is 3.37. The maximum Gasteiger partial charge on any atom is 0.123 e. The van der Waals surface area contributed by atoms with Crippen LogP contribution in [-0.2, 0) is 0 Å². The summed E-state index contributed by atoms with van der Waals surface area (Å²) in [5, 5.41) is 4.54. The summed E-state index contributed by atoms with van der Waals surface area (Å²) in [7, 11) is 0. The highest BCUT2D eigenvalue weighted by Crippen LogP contribution is 2.27. The number of aromatic nitrogens is 1. The molecule has 2 atom stereocenters. The first kappa shape index (κ1) is 14.2. The van der Waals surface area contributed by atoms with Crippen molar-refractivity contribution in [1.29, 1.82) is 0 Å². The lowest BCUT2D eigenvalue weighted by Crippen LogP contribution is -2.22. The van der Waals surface area contributed by atoms with Crippen LogP contribution in [0.15, 0.2) is 48.5 Å². The lowest BCUT2D eigenvalue weighted by Gasteiger charge is -2.18. The molecular formula is C17H17FN2S. The van der Waals surface area contributed by atoms with E-state index < -0.39 is 0 Å². The van der Waals surface area contributed by atoms with Gasteiger partial charge in [0.2, 0.25) is 0 Å². The van der Waals surface area contributed by atoms with Crippen molar-refractivity contribution in [2.24, 2.45) is 0 Å². The Hall–Kier alpha value is -1.78. The van der Waals surface area contributed by atoms with Crippen molar-refractivity contribution in [3.8, 4) is 0 Å². The van der Waals surface area contributed by atoms with Crippen LogP contribution in [0.4, 0.5) is 4.39 Å². The van der Waals surface area contributed by atoms with Gasteiger partial charge in [0.1, 0.15) is 10.8 Å². The second kappa shape index (κ2) is 5.92. The van der Waals surface area contributed by atoms with E-state index in [2.05, 4.69) is 23.3 Å². The van der Waals surface area contributed by atoms with Crippen molar-refractivity contribution in [1.82, 2.24) is 10.3 Å². The first-order chi connectivity index (χ1) is 10.1. The summed E-state index contributed by atoms with van der Waals surface area (Å²) in [5.74, 6) is -0.200. The molecule has 2 nitrogen and oxygen atoms in total. The second-order valence-electron chi connectivity index (χ2n) is 5.18. The van der Waals surface area contributed by atoms with Crippen molar-refractivity contribution < 1.29 is 4.39 Å². The molecular weight excluding hydrogens is 283 g/mol. The molecule has 1 N–H and O–H groups in total. The van der Waals surface area contributed by atoms with E-state index in [4.69, 9.17) is 0 Å². The zero-order valence-corrected chi connectivity index (χ0v) is 12.8. The molecule has 0 aliphatic carbocycles. The number of hydrogen-bond acceptors (Lipinski definition) is 3. The van der Waals surface area contributed by atoms with Crippen LogP contribution in [0.2, 0.25) is 0 Å². The fourth-order valence-electron chi connectivity index (χ4n) is 2.39. The monoisotopic (exact) mass is 300 g/mol. The van der Waals surface area contributed by atoms with E-state index in [1.165, 1.54) is 10.8 Å². The van der Waals surface area contributed by atoms with Crippen LogP contribution in [0.3, 0.4) is 0 Å². The summed E-state index contributed by atoms with van der Waals surface area (Å²) in [6, 6.07) is 15.0. The number of thiazole rings is 1. The van der Waals surface area contributed by atoms with Crippen LogP contribution in [0.5, 0.6) is 0 Å². The number of para-hydroxylation sites is 1. The van der Waals surface area contributed by atoms with Gasteiger partial charge >= 0.3 is 0 Å². The first-order valence-electron chi connectivity index (χ1n) is 7.00. The Morgan fingerprint density at radius 2 is 1.86 bits per heavy atom. The Bertz CT molecular complexity index is 720. The highest BCUT2D eigenvalue weighted by molar-refractivity contribution is 7.18. The van der Waals surface area contributed by atoms with E-state index in [9.17, 15) is 4.39 Å².